The van der Waals surface area contributed by atoms with Gasteiger partial charge in [0.2, 0.25) is 0 Å². The first-order chi connectivity index (χ1) is 14.7. The molecule has 4 aromatic rings. The summed E-state index contributed by atoms with van der Waals surface area (Å²) in [5.74, 6) is 1.12. The summed E-state index contributed by atoms with van der Waals surface area (Å²) in [6, 6.07) is 18.3. The van der Waals surface area contributed by atoms with Gasteiger partial charge in [0, 0.05) is 36.6 Å². The lowest BCUT2D eigenvalue weighted by atomic mass is 9.89. The highest BCUT2D eigenvalue weighted by molar-refractivity contribution is 5.83. The number of H-pyrrole nitrogens is 3. The summed E-state index contributed by atoms with van der Waals surface area (Å²) in [5, 5.41) is 1.28. The molecule has 6 heteroatoms. The number of fused-ring (bicyclic) bond motifs is 1. The first-order valence-electron chi connectivity index (χ1n) is 10.4. The van der Waals surface area contributed by atoms with Crippen LogP contribution < -0.4 is 16.1 Å². The average Bonchev–Trinajstić information content (AvgIpc) is 3.20. The van der Waals surface area contributed by atoms with Crippen molar-refractivity contribution in [3.8, 4) is 0 Å². The van der Waals surface area contributed by atoms with Gasteiger partial charge in [-0.25, -0.2) is 4.79 Å². The molecule has 0 bridgehead atoms. The topological polar surface area (TPSA) is 84.8 Å². The molecule has 1 aliphatic rings. The Balaban J connectivity index is 1.41. The summed E-state index contributed by atoms with van der Waals surface area (Å²) in [6.45, 7) is 1.59. The first-order valence-corrected chi connectivity index (χ1v) is 10.4. The van der Waals surface area contributed by atoms with Crippen LogP contribution in [-0.2, 0) is 6.42 Å². The number of piperidine rings is 1. The third-order valence-electron chi connectivity index (χ3n) is 6.11. The van der Waals surface area contributed by atoms with Crippen molar-refractivity contribution >= 4 is 16.7 Å². The van der Waals surface area contributed by atoms with Gasteiger partial charge in [-0.1, -0.05) is 48.5 Å². The molecule has 2 aromatic heterocycles. The van der Waals surface area contributed by atoms with E-state index in [0.29, 0.717) is 23.7 Å². The van der Waals surface area contributed by atoms with Crippen LogP contribution in [-0.4, -0.2) is 28.0 Å². The van der Waals surface area contributed by atoms with Gasteiger partial charge >= 0.3 is 5.69 Å². The predicted molar refractivity (Wildman–Crippen MR) is 119 cm³/mol. The Morgan fingerprint density at radius 1 is 0.900 bits per heavy atom. The fourth-order valence-corrected chi connectivity index (χ4v) is 4.58. The van der Waals surface area contributed by atoms with Crippen molar-refractivity contribution in [1.29, 1.82) is 0 Å². The molecule has 1 saturated heterocycles. The summed E-state index contributed by atoms with van der Waals surface area (Å²) in [6.07, 6.45) is 4.56. The van der Waals surface area contributed by atoms with Gasteiger partial charge in [0.05, 0.1) is 5.56 Å². The van der Waals surface area contributed by atoms with Crippen LogP contribution in [0.1, 0.15) is 35.4 Å². The monoisotopic (exact) mass is 400 g/mol. The van der Waals surface area contributed by atoms with Crippen LogP contribution in [0.4, 0.5) is 5.82 Å². The van der Waals surface area contributed by atoms with Gasteiger partial charge < -0.3 is 9.88 Å². The summed E-state index contributed by atoms with van der Waals surface area (Å²) >= 11 is 0. The number of anilines is 1. The normalized spacial score (nSPS) is 15.0. The molecule has 2 aromatic carbocycles. The number of benzene rings is 2. The van der Waals surface area contributed by atoms with Crippen molar-refractivity contribution in [2.24, 2.45) is 0 Å². The highest BCUT2D eigenvalue weighted by Gasteiger charge is 2.25. The number of rotatable bonds is 4. The molecule has 0 aliphatic carbocycles. The number of hydrogen-bond acceptors (Lipinski definition) is 3. The second-order valence-corrected chi connectivity index (χ2v) is 7.95. The fraction of sp³-hybridized carbons (Fsp3) is 0.250. The number of aromatic nitrogens is 3. The van der Waals surface area contributed by atoms with E-state index in [0.717, 1.165) is 31.5 Å². The van der Waals surface area contributed by atoms with Crippen LogP contribution in [0.5, 0.6) is 0 Å². The maximum Gasteiger partial charge on any atom is 0.327 e. The zero-order chi connectivity index (χ0) is 20.5. The van der Waals surface area contributed by atoms with Crippen LogP contribution >= 0.6 is 0 Å². The molecule has 0 saturated carbocycles. The molecule has 1 aliphatic heterocycles. The maximum absolute atomic E-state index is 12.6. The average molecular weight is 400 g/mol. The Morgan fingerprint density at radius 2 is 1.63 bits per heavy atom. The zero-order valence-electron chi connectivity index (χ0n) is 16.7. The van der Waals surface area contributed by atoms with E-state index < -0.39 is 5.69 Å². The van der Waals surface area contributed by atoms with E-state index in [1.165, 1.54) is 16.5 Å². The lowest BCUT2D eigenvalue weighted by Gasteiger charge is -2.34. The van der Waals surface area contributed by atoms with Gasteiger partial charge in [0.1, 0.15) is 5.82 Å². The standard InChI is InChI=1S/C24H24N4O2/c29-23-19(14-16-6-2-1-3-7-16)22(26-24(30)27-23)28-12-10-17(11-13-28)20-15-25-21-9-5-4-8-18(20)21/h1-9,15,17,25H,10-14H2,(H2,26,27,29,30). The van der Waals surface area contributed by atoms with Crippen LogP contribution in [0.25, 0.3) is 10.9 Å². The summed E-state index contributed by atoms with van der Waals surface area (Å²) < 4.78 is 0. The largest absolute Gasteiger partial charge is 0.361 e. The highest BCUT2D eigenvalue weighted by atomic mass is 16.2. The van der Waals surface area contributed by atoms with Crippen LogP contribution in [0, 0.1) is 0 Å². The fourth-order valence-electron chi connectivity index (χ4n) is 4.58. The summed E-state index contributed by atoms with van der Waals surface area (Å²) in [7, 11) is 0. The Bertz CT molecular complexity index is 1280. The Labute approximate surface area is 173 Å². The third-order valence-corrected chi connectivity index (χ3v) is 6.11. The van der Waals surface area contributed by atoms with Crippen molar-refractivity contribution in [2.75, 3.05) is 18.0 Å². The minimum absolute atomic E-state index is 0.309. The lowest BCUT2D eigenvalue weighted by molar-refractivity contribution is 0.503. The highest BCUT2D eigenvalue weighted by Crippen LogP contribution is 2.34. The van der Waals surface area contributed by atoms with Gasteiger partial charge in [0.15, 0.2) is 0 Å². The number of aromatic amines is 3. The molecule has 0 atom stereocenters. The lowest BCUT2D eigenvalue weighted by Crippen LogP contribution is -2.38. The Kier molecular flexibility index (Phi) is 4.75. The van der Waals surface area contributed by atoms with Crippen molar-refractivity contribution in [3.63, 3.8) is 0 Å². The SMILES string of the molecule is O=c1[nH]c(N2CCC(c3c[nH]c4ccccc34)CC2)c(Cc2ccccc2)c(=O)[nH]1. The Morgan fingerprint density at radius 3 is 2.43 bits per heavy atom. The van der Waals surface area contributed by atoms with Crippen molar-refractivity contribution in [3.05, 3.63) is 98.3 Å². The molecule has 0 spiro atoms. The second-order valence-electron chi connectivity index (χ2n) is 7.95. The van der Waals surface area contributed by atoms with Crippen molar-refractivity contribution < 1.29 is 0 Å². The van der Waals surface area contributed by atoms with E-state index in [2.05, 4.69) is 44.2 Å². The number of para-hydroxylation sites is 1. The molecule has 3 N–H and O–H groups in total. The predicted octanol–water partition coefficient (Wildman–Crippen LogP) is 3.52. The van der Waals surface area contributed by atoms with E-state index >= 15 is 0 Å². The first kappa shape index (κ1) is 18.5. The van der Waals surface area contributed by atoms with E-state index in [1.54, 1.807) is 0 Å². The smallest absolute Gasteiger partial charge is 0.327 e. The van der Waals surface area contributed by atoms with Crippen LogP contribution in [0.3, 0.4) is 0 Å². The molecular formula is C24H24N4O2. The van der Waals surface area contributed by atoms with Crippen LogP contribution in [0.2, 0.25) is 0 Å². The molecule has 5 rings (SSSR count). The summed E-state index contributed by atoms with van der Waals surface area (Å²) in [5.41, 5.74) is 3.42. The van der Waals surface area contributed by atoms with Crippen molar-refractivity contribution in [1.82, 2.24) is 15.0 Å². The zero-order valence-corrected chi connectivity index (χ0v) is 16.7. The van der Waals surface area contributed by atoms with Gasteiger partial charge in [-0.15, -0.1) is 0 Å². The second kappa shape index (κ2) is 7.71. The van der Waals surface area contributed by atoms with Gasteiger partial charge in [0.25, 0.3) is 5.56 Å². The van der Waals surface area contributed by atoms with E-state index in [-0.39, 0.29) is 5.56 Å². The molecule has 1 fully saturated rings. The molecule has 0 amide bonds. The quantitative estimate of drug-likeness (QED) is 0.490. The van der Waals surface area contributed by atoms with Crippen molar-refractivity contribution in [2.45, 2.75) is 25.2 Å². The molecule has 6 nitrogen and oxygen atoms in total. The van der Waals surface area contributed by atoms with E-state index in [4.69, 9.17) is 0 Å². The maximum atomic E-state index is 12.6. The molecule has 30 heavy (non-hydrogen) atoms. The van der Waals surface area contributed by atoms with Gasteiger partial charge in [-0.05, 0) is 36.0 Å². The third kappa shape index (κ3) is 3.45. The minimum Gasteiger partial charge on any atom is -0.361 e. The van der Waals surface area contributed by atoms with Crippen LogP contribution in [0.15, 0.2) is 70.4 Å². The molecule has 0 radical (unpaired) electrons. The molecule has 0 unspecified atom stereocenters. The molecule has 3 heterocycles. The number of nitrogens with one attached hydrogen (secondary N) is 3. The molecule has 152 valence electrons. The van der Waals surface area contributed by atoms with Gasteiger partial charge in [-0.3, -0.25) is 14.8 Å². The van der Waals surface area contributed by atoms with E-state index in [9.17, 15) is 9.59 Å². The Hall–Kier alpha value is -3.54. The number of hydrogen-bond donors (Lipinski definition) is 3. The van der Waals surface area contributed by atoms with Gasteiger partial charge in [-0.2, -0.15) is 0 Å². The van der Waals surface area contributed by atoms with E-state index in [1.807, 2.05) is 36.4 Å². The molecular weight excluding hydrogens is 376 g/mol. The number of nitrogens with zero attached hydrogens (tertiary/aromatic N) is 1. The summed E-state index contributed by atoms with van der Waals surface area (Å²) in [4.78, 5) is 35.4. The minimum atomic E-state index is -0.453.